The number of amides is 1. The number of anilines is 1. The number of carbonyl (C=O) groups is 1. The second-order valence-electron chi connectivity index (χ2n) is 8.10. The molecule has 10 nitrogen and oxygen atoms in total. The topological polar surface area (TPSA) is 115 Å². The Balaban J connectivity index is 1.29. The van der Waals surface area contributed by atoms with E-state index in [1.807, 2.05) is 19.3 Å². The van der Waals surface area contributed by atoms with E-state index in [9.17, 15) is 4.79 Å². The molecule has 3 aromatic heterocycles. The van der Waals surface area contributed by atoms with Gasteiger partial charge in [0.05, 0.1) is 0 Å². The molecule has 10 heteroatoms. The Kier molecular flexibility index (Phi) is 6.77. The van der Waals surface area contributed by atoms with Crippen LogP contribution in [0.15, 0.2) is 23.1 Å². The first-order chi connectivity index (χ1) is 15.5. The monoisotopic (exact) mass is 438 g/mol. The van der Waals surface area contributed by atoms with Crippen LogP contribution in [-0.4, -0.2) is 55.2 Å². The maximum Gasteiger partial charge on any atom is 0.263 e. The highest BCUT2D eigenvalue weighted by molar-refractivity contribution is 5.79. The lowest BCUT2D eigenvalue weighted by Gasteiger charge is -2.32. The van der Waals surface area contributed by atoms with Crippen molar-refractivity contribution < 1.29 is 9.32 Å². The largest absolute Gasteiger partial charge is 0.356 e. The first kappa shape index (κ1) is 21.9. The van der Waals surface area contributed by atoms with Gasteiger partial charge in [0.25, 0.3) is 5.89 Å². The molecule has 0 atom stereocenters. The van der Waals surface area contributed by atoms with E-state index in [1.165, 1.54) is 0 Å². The number of aryl methyl sites for hydroxylation is 4. The van der Waals surface area contributed by atoms with Crippen molar-refractivity contribution in [3.63, 3.8) is 0 Å². The van der Waals surface area contributed by atoms with E-state index in [0.717, 1.165) is 62.5 Å². The molecular weight excluding hydrogens is 408 g/mol. The third-order valence-corrected chi connectivity index (χ3v) is 5.81. The lowest BCUT2D eigenvalue weighted by atomic mass is 9.95. The quantitative estimate of drug-likeness (QED) is 0.533. The standard InChI is InChI=1S/C22H30N8O2/c1-4-19-23-9-13-29(19)10-5-8-24-21(31)17-6-11-30(12-7-17)20-18(14-25-15(2)26-20)22-27-16(3)28-32-22/h9,13-14,17H,4-8,10-12H2,1-3H3,(H,24,31). The van der Waals surface area contributed by atoms with E-state index >= 15 is 0 Å². The van der Waals surface area contributed by atoms with Gasteiger partial charge in [0.15, 0.2) is 5.82 Å². The smallest absolute Gasteiger partial charge is 0.263 e. The van der Waals surface area contributed by atoms with Gasteiger partial charge in [-0.15, -0.1) is 0 Å². The van der Waals surface area contributed by atoms with Gasteiger partial charge in [0, 0.05) is 57.1 Å². The highest BCUT2D eigenvalue weighted by Crippen LogP contribution is 2.30. The summed E-state index contributed by atoms with van der Waals surface area (Å²) in [6.45, 7) is 8.76. The van der Waals surface area contributed by atoms with E-state index in [2.05, 4.69) is 46.8 Å². The Labute approximate surface area is 187 Å². The molecule has 0 saturated carbocycles. The van der Waals surface area contributed by atoms with E-state index in [0.29, 0.717) is 24.1 Å². The van der Waals surface area contributed by atoms with Gasteiger partial charge in [-0.1, -0.05) is 12.1 Å². The third-order valence-electron chi connectivity index (χ3n) is 5.81. The minimum Gasteiger partial charge on any atom is -0.356 e. The summed E-state index contributed by atoms with van der Waals surface area (Å²) < 4.78 is 7.49. The van der Waals surface area contributed by atoms with Crippen LogP contribution >= 0.6 is 0 Å². The van der Waals surface area contributed by atoms with E-state index in [4.69, 9.17) is 4.52 Å². The zero-order valence-corrected chi connectivity index (χ0v) is 18.9. The van der Waals surface area contributed by atoms with E-state index < -0.39 is 0 Å². The van der Waals surface area contributed by atoms with Gasteiger partial charge in [0.1, 0.15) is 23.0 Å². The van der Waals surface area contributed by atoms with Gasteiger partial charge in [-0.2, -0.15) is 4.98 Å². The highest BCUT2D eigenvalue weighted by atomic mass is 16.5. The number of carbonyl (C=O) groups excluding carboxylic acids is 1. The number of rotatable bonds is 8. The second kappa shape index (κ2) is 9.88. The molecule has 32 heavy (non-hydrogen) atoms. The third kappa shape index (κ3) is 4.95. The average molecular weight is 439 g/mol. The molecule has 3 aromatic rings. The zero-order valence-electron chi connectivity index (χ0n) is 18.9. The van der Waals surface area contributed by atoms with Crippen molar-refractivity contribution in [3.05, 3.63) is 36.1 Å². The maximum atomic E-state index is 12.7. The molecule has 4 heterocycles. The first-order valence-electron chi connectivity index (χ1n) is 11.2. The molecule has 4 rings (SSSR count). The predicted molar refractivity (Wildman–Crippen MR) is 119 cm³/mol. The Bertz CT molecular complexity index is 1050. The van der Waals surface area contributed by atoms with Gasteiger partial charge in [-0.25, -0.2) is 15.0 Å². The molecule has 0 bridgehead atoms. The van der Waals surface area contributed by atoms with Gasteiger partial charge in [-0.3, -0.25) is 4.79 Å². The molecule has 1 N–H and O–H groups in total. The number of hydrogen-bond acceptors (Lipinski definition) is 8. The van der Waals surface area contributed by atoms with Crippen LogP contribution in [0.4, 0.5) is 5.82 Å². The van der Waals surface area contributed by atoms with Gasteiger partial charge < -0.3 is 19.3 Å². The lowest BCUT2D eigenvalue weighted by Crippen LogP contribution is -2.41. The average Bonchev–Trinajstić information content (AvgIpc) is 3.45. The highest BCUT2D eigenvalue weighted by Gasteiger charge is 2.28. The molecular formula is C22H30N8O2. The molecule has 170 valence electrons. The Morgan fingerprint density at radius 2 is 2.00 bits per heavy atom. The minimum atomic E-state index is 0.0164. The van der Waals surface area contributed by atoms with Crippen LogP contribution < -0.4 is 10.2 Å². The van der Waals surface area contributed by atoms with E-state index in [1.54, 1.807) is 13.1 Å². The van der Waals surface area contributed by atoms with Crippen LogP contribution in [0.2, 0.25) is 0 Å². The fourth-order valence-electron chi connectivity index (χ4n) is 4.07. The normalized spacial score (nSPS) is 14.7. The summed E-state index contributed by atoms with van der Waals surface area (Å²) >= 11 is 0. The Morgan fingerprint density at radius 1 is 1.19 bits per heavy atom. The SMILES string of the molecule is CCc1nccn1CCCNC(=O)C1CCN(c2nc(C)ncc2-c2nc(C)no2)CC1. The molecule has 1 saturated heterocycles. The van der Waals surface area contributed by atoms with Crippen LogP contribution in [-0.2, 0) is 17.8 Å². The van der Waals surface area contributed by atoms with Crippen molar-refractivity contribution in [3.8, 4) is 11.5 Å². The van der Waals surface area contributed by atoms with Gasteiger partial charge in [-0.05, 0) is 33.1 Å². The molecule has 0 spiro atoms. The number of imidazole rings is 1. The molecule has 1 amide bonds. The number of nitrogens with zero attached hydrogens (tertiary/aromatic N) is 7. The summed E-state index contributed by atoms with van der Waals surface area (Å²) in [6.07, 6.45) is 8.91. The fourth-order valence-corrected chi connectivity index (χ4v) is 4.07. The van der Waals surface area contributed by atoms with Crippen LogP contribution in [0.25, 0.3) is 11.5 Å². The number of piperidine rings is 1. The molecule has 1 aliphatic rings. The fraction of sp³-hybridized carbons (Fsp3) is 0.545. The predicted octanol–water partition coefficient (Wildman–Crippen LogP) is 2.33. The zero-order chi connectivity index (χ0) is 22.5. The number of hydrogen-bond donors (Lipinski definition) is 1. The van der Waals surface area contributed by atoms with Crippen molar-refractivity contribution in [1.82, 2.24) is 35.0 Å². The number of nitrogens with one attached hydrogen (secondary N) is 1. The summed E-state index contributed by atoms with van der Waals surface area (Å²) in [7, 11) is 0. The first-order valence-corrected chi connectivity index (χ1v) is 11.2. The van der Waals surface area contributed by atoms with Crippen LogP contribution in [0.5, 0.6) is 0 Å². The van der Waals surface area contributed by atoms with Crippen molar-refractivity contribution in [2.45, 2.75) is 53.0 Å². The van der Waals surface area contributed by atoms with Crippen LogP contribution in [0.3, 0.4) is 0 Å². The van der Waals surface area contributed by atoms with Crippen molar-refractivity contribution >= 4 is 11.7 Å². The Hall–Kier alpha value is -3.30. The van der Waals surface area contributed by atoms with E-state index in [-0.39, 0.29) is 11.8 Å². The summed E-state index contributed by atoms with van der Waals surface area (Å²) in [4.78, 5) is 32.4. The summed E-state index contributed by atoms with van der Waals surface area (Å²) in [6, 6.07) is 0. The van der Waals surface area contributed by atoms with Crippen LogP contribution in [0, 0.1) is 19.8 Å². The van der Waals surface area contributed by atoms with Crippen molar-refractivity contribution in [1.29, 1.82) is 0 Å². The number of aromatic nitrogens is 6. The maximum absolute atomic E-state index is 12.7. The second-order valence-corrected chi connectivity index (χ2v) is 8.10. The van der Waals surface area contributed by atoms with Crippen molar-refractivity contribution in [2.75, 3.05) is 24.5 Å². The molecule has 1 aliphatic heterocycles. The summed E-state index contributed by atoms with van der Waals surface area (Å²) in [5, 5.41) is 6.99. The molecule has 0 aliphatic carbocycles. The molecule has 0 radical (unpaired) electrons. The lowest BCUT2D eigenvalue weighted by molar-refractivity contribution is -0.125. The summed E-state index contributed by atoms with van der Waals surface area (Å²) in [5.41, 5.74) is 0.727. The molecule has 1 fully saturated rings. The van der Waals surface area contributed by atoms with Gasteiger partial charge >= 0.3 is 0 Å². The van der Waals surface area contributed by atoms with Gasteiger partial charge in [0.2, 0.25) is 5.91 Å². The summed E-state index contributed by atoms with van der Waals surface area (Å²) in [5.74, 6) is 3.69. The van der Waals surface area contributed by atoms with Crippen LogP contribution in [0.1, 0.15) is 43.7 Å². The minimum absolute atomic E-state index is 0.0164. The molecule has 0 unspecified atom stereocenters. The van der Waals surface area contributed by atoms with Crippen molar-refractivity contribution in [2.24, 2.45) is 5.92 Å². The Morgan fingerprint density at radius 3 is 2.72 bits per heavy atom. The molecule has 0 aromatic carbocycles.